The maximum atomic E-state index is 12.4. The number of benzene rings is 1. The third-order valence-electron chi connectivity index (χ3n) is 2.84. The summed E-state index contributed by atoms with van der Waals surface area (Å²) >= 11 is 5.91. The summed E-state index contributed by atoms with van der Waals surface area (Å²) in [6.07, 6.45) is 1.58. The smallest absolute Gasteiger partial charge is 0.256 e. The number of halogens is 1. The van der Waals surface area contributed by atoms with Gasteiger partial charge in [-0.05, 0) is 37.3 Å². The van der Waals surface area contributed by atoms with Crippen molar-refractivity contribution in [2.24, 2.45) is 0 Å². The Kier molecular flexibility index (Phi) is 4.12. The third-order valence-corrected chi connectivity index (χ3v) is 3.08. The van der Waals surface area contributed by atoms with Crippen LogP contribution >= 0.6 is 11.6 Å². The molecular weight excluding hydrogens is 264 g/mol. The Balaban J connectivity index is 2.23. The highest BCUT2D eigenvalue weighted by Gasteiger charge is 2.18. The quantitative estimate of drug-likeness (QED) is 0.874. The van der Waals surface area contributed by atoms with E-state index in [9.17, 15) is 4.79 Å². The van der Waals surface area contributed by atoms with Gasteiger partial charge in [0.05, 0.1) is 18.4 Å². The Morgan fingerprint density at radius 2 is 2.21 bits per heavy atom. The molecule has 0 saturated heterocycles. The highest BCUT2D eigenvalue weighted by molar-refractivity contribution is 6.31. The van der Waals surface area contributed by atoms with E-state index >= 15 is 0 Å². The molecule has 1 amide bonds. The number of carbonyl (C=O) groups is 1. The fraction of sp³-hybridized carbons (Fsp3) is 0.214. The number of carbonyl (C=O) groups excluding carboxylic acids is 1. The lowest BCUT2D eigenvalue weighted by molar-refractivity contribution is 0.0742. The van der Waals surface area contributed by atoms with Crippen LogP contribution in [-0.2, 0) is 6.54 Å². The summed E-state index contributed by atoms with van der Waals surface area (Å²) in [4.78, 5) is 14.1. The van der Waals surface area contributed by atoms with Gasteiger partial charge in [-0.25, -0.2) is 0 Å². The van der Waals surface area contributed by atoms with Gasteiger partial charge in [-0.15, -0.1) is 0 Å². The van der Waals surface area contributed by atoms with Crippen molar-refractivity contribution in [1.82, 2.24) is 4.90 Å². The van der Waals surface area contributed by atoms with Crippen molar-refractivity contribution in [1.29, 1.82) is 0 Å². The van der Waals surface area contributed by atoms with Gasteiger partial charge >= 0.3 is 0 Å². The van der Waals surface area contributed by atoms with Crippen molar-refractivity contribution in [3.63, 3.8) is 0 Å². The molecule has 0 saturated carbocycles. The minimum absolute atomic E-state index is 0.154. The van der Waals surface area contributed by atoms with Gasteiger partial charge in [0.15, 0.2) is 0 Å². The van der Waals surface area contributed by atoms with Crippen LogP contribution in [0.5, 0.6) is 0 Å². The Morgan fingerprint density at radius 1 is 1.42 bits per heavy atom. The van der Waals surface area contributed by atoms with Gasteiger partial charge in [0.2, 0.25) is 0 Å². The second kappa shape index (κ2) is 5.80. The third kappa shape index (κ3) is 3.09. The molecule has 0 aliphatic carbocycles. The highest BCUT2D eigenvalue weighted by atomic mass is 35.5. The molecule has 1 aromatic heterocycles. The Bertz CT molecular complexity index is 567. The van der Waals surface area contributed by atoms with Crippen LogP contribution in [0.15, 0.2) is 41.0 Å². The number of nitrogens with two attached hydrogens (primary N) is 1. The van der Waals surface area contributed by atoms with Crippen molar-refractivity contribution < 1.29 is 9.21 Å². The number of rotatable bonds is 4. The molecule has 2 rings (SSSR count). The second-order valence-electron chi connectivity index (χ2n) is 4.13. The normalized spacial score (nSPS) is 10.4. The molecule has 0 atom stereocenters. The molecule has 0 unspecified atom stereocenters. The van der Waals surface area contributed by atoms with Crippen molar-refractivity contribution in [3.8, 4) is 0 Å². The van der Waals surface area contributed by atoms with Crippen LogP contribution in [-0.4, -0.2) is 17.4 Å². The monoisotopic (exact) mass is 278 g/mol. The van der Waals surface area contributed by atoms with E-state index in [2.05, 4.69) is 0 Å². The number of amides is 1. The van der Waals surface area contributed by atoms with Crippen LogP contribution < -0.4 is 5.73 Å². The first-order valence-electron chi connectivity index (χ1n) is 5.98. The molecule has 0 fully saturated rings. The van der Waals surface area contributed by atoms with Gasteiger partial charge < -0.3 is 15.1 Å². The van der Waals surface area contributed by atoms with Crippen molar-refractivity contribution in [3.05, 3.63) is 52.9 Å². The molecule has 1 heterocycles. The van der Waals surface area contributed by atoms with Gasteiger partial charge in [-0.3, -0.25) is 4.79 Å². The fourth-order valence-corrected chi connectivity index (χ4v) is 1.97. The molecule has 5 heteroatoms. The lowest BCUT2D eigenvalue weighted by Gasteiger charge is -2.20. The average Bonchev–Trinajstić information content (AvgIpc) is 2.91. The zero-order valence-corrected chi connectivity index (χ0v) is 11.4. The minimum Gasteiger partial charge on any atom is -0.467 e. The molecule has 19 heavy (non-hydrogen) atoms. The van der Waals surface area contributed by atoms with Crippen LogP contribution in [0.3, 0.4) is 0 Å². The molecule has 4 nitrogen and oxygen atoms in total. The Hall–Kier alpha value is -1.94. The summed E-state index contributed by atoms with van der Waals surface area (Å²) in [6, 6.07) is 8.51. The van der Waals surface area contributed by atoms with E-state index in [0.717, 1.165) is 5.76 Å². The largest absolute Gasteiger partial charge is 0.467 e. The lowest BCUT2D eigenvalue weighted by atomic mass is 10.1. The molecule has 0 aliphatic rings. The summed E-state index contributed by atoms with van der Waals surface area (Å²) in [5.74, 6) is 0.578. The van der Waals surface area contributed by atoms with Crippen molar-refractivity contribution in [2.75, 3.05) is 12.3 Å². The van der Waals surface area contributed by atoms with Crippen LogP contribution in [0, 0.1) is 0 Å². The second-order valence-corrected chi connectivity index (χ2v) is 4.57. The molecule has 0 bridgehead atoms. The van der Waals surface area contributed by atoms with E-state index in [4.69, 9.17) is 21.8 Å². The Morgan fingerprint density at radius 3 is 2.84 bits per heavy atom. The summed E-state index contributed by atoms with van der Waals surface area (Å²) in [6.45, 7) is 2.88. The summed E-state index contributed by atoms with van der Waals surface area (Å²) in [5, 5.41) is 0.492. The van der Waals surface area contributed by atoms with Crippen molar-refractivity contribution >= 4 is 23.2 Å². The van der Waals surface area contributed by atoms with E-state index < -0.39 is 0 Å². The molecule has 0 radical (unpaired) electrons. The molecule has 2 N–H and O–H groups in total. The van der Waals surface area contributed by atoms with Crippen LogP contribution in [0.25, 0.3) is 0 Å². The first-order chi connectivity index (χ1) is 9.11. The van der Waals surface area contributed by atoms with E-state index in [-0.39, 0.29) is 5.91 Å². The molecule has 1 aromatic carbocycles. The number of furan rings is 1. The number of anilines is 1. The van der Waals surface area contributed by atoms with E-state index in [1.54, 1.807) is 35.4 Å². The van der Waals surface area contributed by atoms with Crippen molar-refractivity contribution in [2.45, 2.75) is 13.5 Å². The number of hydrogen-bond donors (Lipinski definition) is 1. The highest BCUT2D eigenvalue weighted by Crippen LogP contribution is 2.20. The van der Waals surface area contributed by atoms with E-state index in [0.29, 0.717) is 29.4 Å². The summed E-state index contributed by atoms with van der Waals surface area (Å²) < 4.78 is 5.25. The molecular formula is C14H15ClN2O2. The first kappa shape index (κ1) is 13.5. The fourth-order valence-electron chi connectivity index (χ4n) is 1.80. The predicted octanol–water partition coefficient (Wildman–Crippen LogP) is 3.18. The molecule has 2 aromatic rings. The van der Waals surface area contributed by atoms with Gasteiger partial charge in [0.1, 0.15) is 5.76 Å². The average molecular weight is 279 g/mol. The van der Waals surface area contributed by atoms with Gasteiger partial charge in [0.25, 0.3) is 5.91 Å². The summed E-state index contributed by atoms with van der Waals surface area (Å²) in [5.41, 5.74) is 6.67. The van der Waals surface area contributed by atoms with Gasteiger partial charge in [0, 0.05) is 17.3 Å². The molecule has 100 valence electrons. The van der Waals surface area contributed by atoms with E-state index in [1.165, 1.54) is 0 Å². The molecule has 0 aliphatic heterocycles. The zero-order chi connectivity index (χ0) is 13.8. The van der Waals surface area contributed by atoms with E-state index in [1.807, 2.05) is 13.0 Å². The standard InChI is InChI=1S/C14H15ClN2O2/c1-2-17(9-11-4-3-7-19-11)14(18)12-8-10(15)5-6-13(12)16/h3-8H,2,9,16H2,1H3. The number of hydrogen-bond acceptors (Lipinski definition) is 3. The topological polar surface area (TPSA) is 59.5 Å². The zero-order valence-electron chi connectivity index (χ0n) is 10.6. The predicted molar refractivity (Wildman–Crippen MR) is 75.0 cm³/mol. The number of nitrogens with zero attached hydrogens (tertiary/aromatic N) is 1. The maximum Gasteiger partial charge on any atom is 0.256 e. The van der Waals surface area contributed by atoms with Crippen LogP contribution in [0.4, 0.5) is 5.69 Å². The van der Waals surface area contributed by atoms with Gasteiger partial charge in [-0.2, -0.15) is 0 Å². The lowest BCUT2D eigenvalue weighted by Crippen LogP contribution is -2.30. The van der Waals surface area contributed by atoms with Gasteiger partial charge in [-0.1, -0.05) is 11.6 Å². The SMILES string of the molecule is CCN(Cc1ccco1)C(=O)c1cc(Cl)ccc1N. The van der Waals surface area contributed by atoms with Crippen LogP contribution in [0.1, 0.15) is 23.0 Å². The minimum atomic E-state index is -0.154. The Labute approximate surface area is 116 Å². The first-order valence-corrected chi connectivity index (χ1v) is 6.36. The molecule has 0 spiro atoms. The maximum absolute atomic E-state index is 12.4. The van der Waals surface area contributed by atoms with Crippen LogP contribution in [0.2, 0.25) is 5.02 Å². The number of nitrogen functional groups attached to an aromatic ring is 1. The summed E-state index contributed by atoms with van der Waals surface area (Å²) in [7, 11) is 0.